The fourth-order valence-corrected chi connectivity index (χ4v) is 3.17. The first-order valence-corrected chi connectivity index (χ1v) is 8.78. The number of nitro groups is 1. The Morgan fingerprint density at radius 3 is 2.41 bits per heavy atom. The quantitative estimate of drug-likeness (QED) is 0.391. The van der Waals surface area contributed by atoms with Gasteiger partial charge in [0.2, 0.25) is 5.91 Å². The predicted molar refractivity (Wildman–Crippen MR) is 106 cm³/mol. The Morgan fingerprint density at radius 2 is 1.79 bits per heavy atom. The van der Waals surface area contributed by atoms with E-state index in [1.165, 1.54) is 12.1 Å². The van der Waals surface area contributed by atoms with Crippen molar-refractivity contribution < 1.29 is 19.2 Å². The number of carbonyl (C=O) groups is 2. The largest absolute Gasteiger partial charge is 0.457 e. The van der Waals surface area contributed by atoms with Gasteiger partial charge in [0.1, 0.15) is 6.61 Å². The van der Waals surface area contributed by atoms with Gasteiger partial charge in [0, 0.05) is 28.7 Å². The van der Waals surface area contributed by atoms with Crippen LogP contribution in [0.25, 0.3) is 5.69 Å². The van der Waals surface area contributed by atoms with Crippen molar-refractivity contribution in [2.75, 3.05) is 0 Å². The number of amides is 1. The molecule has 0 spiro atoms. The van der Waals surface area contributed by atoms with Gasteiger partial charge >= 0.3 is 5.97 Å². The van der Waals surface area contributed by atoms with Crippen molar-refractivity contribution in [3.63, 3.8) is 0 Å². The molecule has 0 bridgehead atoms. The zero-order valence-corrected chi connectivity index (χ0v) is 15.9. The molecule has 0 fully saturated rings. The Labute approximate surface area is 166 Å². The zero-order valence-electron chi connectivity index (χ0n) is 15.9. The van der Waals surface area contributed by atoms with Crippen molar-refractivity contribution in [1.29, 1.82) is 0 Å². The first-order valence-electron chi connectivity index (χ1n) is 8.78. The number of nitrogens with two attached hydrogens (primary N) is 1. The van der Waals surface area contributed by atoms with Crippen LogP contribution < -0.4 is 5.73 Å². The number of rotatable bonds is 6. The highest BCUT2D eigenvalue weighted by atomic mass is 16.6. The molecule has 2 aromatic carbocycles. The molecule has 0 saturated carbocycles. The number of nitrogens with zero attached hydrogens (tertiary/aromatic N) is 2. The van der Waals surface area contributed by atoms with Crippen molar-refractivity contribution in [2.45, 2.75) is 20.5 Å². The van der Waals surface area contributed by atoms with E-state index in [0.717, 1.165) is 17.4 Å². The summed E-state index contributed by atoms with van der Waals surface area (Å²) in [6.45, 7) is 3.38. The van der Waals surface area contributed by atoms with Gasteiger partial charge < -0.3 is 15.0 Å². The van der Waals surface area contributed by atoms with Crippen LogP contribution in [-0.2, 0) is 11.3 Å². The minimum absolute atomic E-state index is 0.0122. The van der Waals surface area contributed by atoms with Gasteiger partial charge in [-0.2, -0.15) is 0 Å². The van der Waals surface area contributed by atoms with Gasteiger partial charge in [-0.3, -0.25) is 14.9 Å². The number of aryl methyl sites for hydroxylation is 1. The maximum Gasteiger partial charge on any atom is 0.340 e. The maximum atomic E-state index is 12.6. The molecule has 0 aliphatic heterocycles. The molecule has 1 amide bonds. The number of hydrogen-bond donors (Lipinski definition) is 1. The predicted octanol–water partition coefficient (Wildman–Crippen LogP) is 3.46. The summed E-state index contributed by atoms with van der Waals surface area (Å²) in [4.78, 5) is 34.5. The Bertz CT molecular complexity index is 1100. The number of aromatic nitrogens is 1. The first kappa shape index (κ1) is 19.8. The van der Waals surface area contributed by atoms with Crippen LogP contribution >= 0.6 is 0 Å². The van der Waals surface area contributed by atoms with Crippen LogP contribution in [0, 0.1) is 24.0 Å². The SMILES string of the molecule is Cc1cc(C(=O)OCc2ccc(C(N)=O)cc2[N+](=O)[O-])c(C)n1-c1ccccc1. The van der Waals surface area contributed by atoms with Gasteiger partial charge in [0.15, 0.2) is 0 Å². The van der Waals surface area contributed by atoms with E-state index >= 15 is 0 Å². The fourth-order valence-electron chi connectivity index (χ4n) is 3.17. The van der Waals surface area contributed by atoms with E-state index < -0.39 is 16.8 Å². The Morgan fingerprint density at radius 1 is 1.10 bits per heavy atom. The third kappa shape index (κ3) is 4.01. The average Bonchev–Trinajstić information content (AvgIpc) is 3.00. The molecule has 3 aromatic rings. The molecule has 8 nitrogen and oxygen atoms in total. The zero-order chi connectivity index (χ0) is 21.1. The molecular formula is C21H19N3O5. The summed E-state index contributed by atoms with van der Waals surface area (Å²) in [6, 6.07) is 15.1. The third-order valence-corrected chi connectivity index (χ3v) is 4.59. The average molecular weight is 393 g/mol. The van der Waals surface area contributed by atoms with Gasteiger partial charge in [-0.25, -0.2) is 4.79 Å². The molecule has 2 N–H and O–H groups in total. The molecule has 3 rings (SSSR count). The van der Waals surface area contributed by atoms with E-state index in [0.29, 0.717) is 11.3 Å². The highest BCUT2D eigenvalue weighted by molar-refractivity contribution is 5.93. The van der Waals surface area contributed by atoms with E-state index in [9.17, 15) is 19.7 Å². The lowest BCUT2D eigenvalue weighted by molar-refractivity contribution is -0.385. The molecule has 8 heteroatoms. The fraction of sp³-hybridized carbons (Fsp3) is 0.143. The number of carbonyl (C=O) groups excluding carboxylic acids is 2. The topological polar surface area (TPSA) is 117 Å². The molecule has 0 radical (unpaired) electrons. The Balaban J connectivity index is 1.84. The molecule has 0 atom stereocenters. The van der Waals surface area contributed by atoms with Crippen molar-refractivity contribution in [1.82, 2.24) is 4.57 Å². The van der Waals surface area contributed by atoms with Crippen LogP contribution in [0.1, 0.15) is 37.7 Å². The number of ether oxygens (including phenoxy) is 1. The molecule has 0 aliphatic carbocycles. The Hall–Kier alpha value is -3.94. The first-order chi connectivity index (χ1) is 13.8. The Kier molecular flexibility index (Phi) is 5.45. The summed E-state index contributed by atoms with van der Waals surface area (Å²) >= 11 is 0. The monoisotopic (exact) mass is 393 g/mol. The minimum Gasteiger partial charge on any atom is -0.457 e. The maximum absolute atomic E-state index is 12.6. The minimum atomic E-state index is -0.773. The number of benzene rings is 2. The summed E-state index contributed by atoms with van der Waals surface area (Å²) in [5.41, 5.74) is 7.87. The molecular weight excluding hydrogens is 374 g/mol. The van der Waals surface area contributed by atoms with Gasteiger partial charge in [-0.05, 0) is 44.2 Å². The van der Waals surface area contributed by atoms with Gasteiger partial charge in [-0.1, -0.05) is 18.2 Å². The van der Waals surface area contributed by atoms with E-state index in [1.807, 2.05) is 41.8 Å². The van der Waals surface area contributed by atoms with Crippen LogP contribution in [0.5, 0.6) is 0 Å². The van der Waals surface area contributed by atoms with Crippen LogP contribution in [0.15, 0.2) is 54.6 Å². The normalized spacial score (nSPS) is 10.6. The molecule has 1 aromatic heterocycles. The van der Waals surface area contributed by atoms with Crippen LogP contribution in [-0.4, -0.2) is 21.4 Å². The number of para-hydroxylation sites is 1. The molecule has 0 unspecified atom stereocenters. The van der Waals surface area contributed by atoms with Gasteiger partial charge in [0.05, 0.1) is 16.1 Å². The number of hydrogen-bond acceptors (Lipinski definition) is 5. The van der Waals surface area contributed by atoms with Crippen molar-refractivity contribution >= 4 is 17.6 Å². The highest BCUT2D eigenvalue weighted by Crippen LogP contribution is 2.24. The van der Waals surface area contributed by atoms with Gasteiger partial charge in [0.25, 0.3) is 5.69 Å². The lowest BCUT2D eigenvalue weighted by Gasteiger charge is -2.10. The summed E-state index contributed by atoms with van der Waals surface area (Å²) in [5.74, 6) is -1.36. The molecule has 29 heavy (non-hydrogen) atoms. The van der Waals surface area contributed by atoms with Gasteiger partial charge in [-0.15, -0.1) is 0 Å². The van der Waals surface area contributed by atoms with Crippen molar-refractivity contribution in [2.24, 2.45) is 5.73 Å². The summed E-state index contributed by atoms with van der Waals surface area (Å²) in [6.07, 6.45) is 0. The number of primary amides is 1. The molecule has 0 aliphatic rings. The van der Waals surface area contributed by atoms with Crippen molar-refractivity contribution in [3.05, 3.63) is 92.8 Å². The summed E-state index contributed by atoms with van der Waals surface area (Å²) in [7, 11) is 0. The molecule has 148 valence electrons. The highest BCUT2D eigenvalue weighted by Gasteiger charge is 2.21. The van der Waals surface area contributed by atoms with Crippen LogP contribution in [0.2, 0.25) is 0 Å². The molecule has 0 saturated heterocycles. The second-order valence-electron chi connectivity index (χ2n) is 6.50. The van der Waals surface area contributed by atoms with E-state index in [1.54, 1.807) is 13.0 Å². The summed E-state index contributed by atoms with van der Waals surface area (Å²) in [5, 5.41) is 11.3. The lowest BCUT2D eigenvalue weighted by Crippen LogP contribution is -2.12. The number of nitro benzene ring substituents is 1. The second-order valence-corrected chi connectivity index (χ2v) is 6.50. The standard InChI is InChI=1S/C21H19N3O5/c1-13-10-18(14(2)23(13)17-6-4-3-5-7-17)21(26)29-12-16-9-8-15(20(22)25)11-19(16)24(27)28/h3-11H,12H2,1-2H3,(H2,22,25). The van der Waals surface area contributed by atoms with E-state index in [2.05, 4.69) is 0 Å². The lowest BCUT2D eigenvalue weighted by atomic mass is 10.1. The second kappa shape index (κ2) is 7.97. The number of esters is 1. The summed E-state index contributed by atoms with van der Waals surface area (Å²) < 4.78 is 7.25. The third-order valence-electron chi connectivity index (χ3n) is 4.59. The van der Waals surface area contributed by atoms with E-state index in [-0.39, 0.29) is 23.4 Å². The van der Waals surface area contributed by atoms with Crippen molar-refractivity contribution in [3.8, 4) is 5.69 Å². The molecule has 1 heterocycles. The van der Waals surface area contributed by atoms with E-state index in [4.69, 9.17) is 10.5 Å². The van der Waals surface area contributed by atoms with Crippen LogP contribution in [0.4, 0.5) is 5.69 Å². The smallest absolute Gasteiger partial charge is 0.340 e. The van der Waals surface area contributed by atoms with Crippen LogP contribution in [0.3, 0.4) is 0 Å².